The molecular weight excluding hydrogens is 306 g/mol. The summed E-state index contributed by atoms with van der Waals surface area (Å²) in [4.78, 5) is 4.89. The van der Waals surface area contributed by atoms with Crippen LogP contribution in [0.15, 0.2) is 65.2 Å². The van der Waals surface area contributed by atoms with Crippen molar-refractivity contribution in [1.29, 1.82) is 0 Å². The minimum absolute atomic E-state index is 0.250. The molecule has 1 aliphatic rings. The normalized spacial score (nSPS) is 18.1. The zero-order valence-corrected chi connectivity index (χ0v) is 15.7. The number of methoxy groups -OCH3 is 1. The molecule has 2 aromatic carbocycles. The van der Waals surface area contributed by atoms with Crippen molar-refractivity contribution in [2.75, 3.05) is 7.11 Å². The molecule has 0 fully saturated rings. The Morgan fingerprint density at radius 3 is 2.28 bits per heavy atom. The molecule has 0 radical (unpaired) electrons. The van der Waals surface area contributed by atoms with Crippen LogP contribution >= 0.6 is 0 Å². The van der Waals surface area contributed by atoms with Gasteiger partial charge in [-0.2, -0.15) is 0 Å². The molecule has 0 amide bonds. The first-order chi connectivity index (χ1) is 11.9. The lowest BCUT2D eigenvalue weighted by atomic mass is 9.75. The van der Waals surface area contributed by atoms with Gasteiger partial charge in [-0.05, 0) is 67.5 Å². The molecule has 0 unspecified atom stereocenters. The Balaban J connectivity index is 1.83. The zero-order chi connectivity index (χ0) is 17.9. The molecule has 1 aliphatic carbocycles. The number of hydrogen-bond acceptors (Lipinski definition) is 2. The minimum atomic E-state index is 0.250. The van der Waals surface area contributed by atoms with Crippen LogP contribution in [0.25, 0.3) is 0 Å². The van der Waals surface area contributed by atoms with E-state index in [1.165, 1.54) is 22.4 Å². The number of allylic oxidation sites excluding steroid dienone is 2. The summed E-state index contributed by atoms with van der Waals surface area (Å²) in [5, 5.41) is 0. The first-order valence-electron chi connectivity index (χ1n) is 8.90. The van der Waals surface area contributed by atoms with Crippen LogP contribution in [0.4, 0.5) is 5.69 Å². The molecule has 0 atom stereocenters. The van der Waals surface area contributed by atoms with Crippen LogP contribution in [0.1, 0.15) is 37.8 Å². The average Bonchev–Trinajstić information content (AvgIpc) is 2.56. The second kappa shape index (κ2) is 7.26. The molecule has 25 heavy (non-hydrogen) atoms. The number of hydrogen-bond donors (Lipinski definition) is 0. The molecule has 0 spiro atoms. The van der Waals surface area contributed by atoms with Gasteiger partial charge in [0.1, 0.15) is 5.75 Å². The van der Waals surface area contributed by atoms with E-state index in [2.05, 4.69) is 63.2 Å². The molecule has 0 N–H and O–H groups in total. The Labute approximate surface area is 151 Å². The van der Waals surface area contributed by atoms with Gasteiger partial charge in [-0.1, -0.05) is 49.2 Å². The summed E-state index contributed by atoms with van der Waals surface area (Å²) in [6, 6.07) is 16.8. The summed E-state index contributed by atoms with van der Waals surface area (Å²) in [6.07, 6.45) is 5.41. The molecular formula is C23H27NO. The SMILES string of the molecule is COc1ccc(CC2=CC(=Nc3ccc(C)cc3)CC(C)(C)C2)cc1. The Kier molecular flexibility index (Phi) is 5.08. The molecule has 2 nitrogen and oxygen atoms in total. The van der Waals surface area contributed by atoms with Gasteiger partial charge in [-0.15, -0.1) is 0 Å². The maximum absolute atomic E-state index is 5.25. The molecule has 0 saturated heterocycles. The number of benzene rings is 2. The van der Waals surface area contributed by atoms with Gasteiger partial charge < -0.3 is 4.74 Å². The molecule has 0 bridgehead atoms. The third-order valence-electron chi connectivity index (χ3n) is 4.63. The van der Waals surface area contributed by atoms with Crippen molar-refractivity contribution < 1.29 is 4.74 Å². The van der Waals surface area contributed by atoms with Gasteiger partial charge >= 0.3 is 0 Å². The molecule has 130 valence electrons. The van der Waals surface area contributed by atoms with Crippen LogP contribution in [-0.4, -0.2) is 12.8 Å². The number of ether oxygens (including phenoxy) is 1. The van der Waals surface area contributed by atoms with E-state index in [9.17, 15) is 0 Å². The molecule has 0 aromatic heterocycles. The lowest BCUT2D eigenvalue weighted by Gasteiger charge is -2.31. The van der Waals surface area contributed by atoms with E-state index >= 15 is 0 Å². The molecule has 0 saturated carbocycles. The second-order valence-electron chi connectivity index (χ2n) is 7.78. The smallest absolute Gasteiger partial charge is 0.118 e. The van der Waals surface area contributed by atoms with Crippen molar-refractivity contribution in [3.63, 3.8) is 0 Å². The van der Waals surface area contributed by atoms with Gasteiger partial charge in [0.25, 0.3) is 0 Å². The van der Waals surface area contributed by atoms with Crippen molar-refractivity contribution in [2.24, 2.45) is 10.4 Å². The molecule has 0 heterocycles. The van der Waals surface area contributed by atoms with Crippen LogP contribution in [0.5, 0.6) is 5.75 Å². The molecule has 2 heteroatoms. The van der Waals surface area contributed by atoms with E-state index in [4.69, 9.17) is 9.73 Å². The fourth-order valence-electron chi connectivity index (χ4n) is 3.48. The maximum atomic E-state index is 5.25. The van der Waals surface area contributed by atoms with Crippen LogP contribution in [-0.2, 0) is 6.42 Å². The van der Waals surface area contributed by atoms with Gasteiger partial charge in [0.2, 0.25) is 0 Å². The largest absolute Gasteiger partial charge is 0.497 e. The standard InChI is InChI=1S/C23H27NO/c1-17-5-9-20(10-6-17)24-21-14-19(15-23(2,3)16-21)13-18-7-11-22(25-4)12-8-18/h5-12,14H,13,15-16H2,1-4H3. The fourth-order valence-corrected chi connectivity index (χ4v) is 3.48. The van der Waals surface area contributed by atoms with Gasteiger partial charge in [0, 0.05) is 5.71 Å². The van der Waals surface area contributed by atoms with Crippen molar-refractivity contribution >= 4 is 11.4 Å². The summed E-state index contributed by atoms with van der Waals surface area (Å²) in [5.41, 5.74) is 6.51. The number of aliphatic imine (C=N–C) groups is 1. The van der Waals surface area contributed by atoms with Gasteiger partial charge in [-0.25, -0.2) is 0 Å². The van der Waals surface area contributed by atoms with Gasteiger partial charge in [-0.3, -0.25) is 4.99 Å². The summed E-state index contributed by atoms with van der Waals surface area (Å²) in [6.45, 7) is 6.77. The quantitative estimate of drug-likeness (QED) is 0.666. The first kappa shape index (κ1) is 17.5. The topological polar surface area (TPSA) is 21.6 Å². The number of nitrogens with zero attached hydrogens (tertiary/aromatic N) is 1. The van der Waals surface area contributed by atoms with Gasteiger partial charge in [0.05, 0.1) is 12.8 Å². The van der Waals surface area contributed by atoms with Crippen molar-refractivity contribution in [3.8, 4) is 5.75 Å². The fraction of sp³-hybridized carbons (Fsp3) is 0.348. The predicted octanol–water partition coefficient (Wildman–Crippen LogP) is 6.07. The van der Waals surface area contributed by atoms with Crippen molar-refractivity contribution in [2.45, 2.75) is 40.0 Å². The highest BCUT2D eigenvalue weighted by molar-refractivity contribution is 5.98. The summed E-state index contributed by atoms with van der Waals surface area (Å²) in [5.74, 6) is 0.906. The number of rotatable bonds is 4. The highest BCUT2D eigenvalue weighted by Crippen LogP contribution is 2.36. The predicted molar refractivity (Wildman–Crippen MR) is 106 cm³/mol. The lowest BCUT2D eigenvalue weighted by molar-refractivity contribution is 0.370. The minimum Gasteiger partial charge on any atom is -0.497 e. The Hall–Kier alpha value is -2.35. The molecule has 3 rings (SSSR count). The van der Waals surface area contributed by atoms with E-state index in [0.29, 0.717) is 0 Å². The van der Waals surface area contributed by atoms with Crippen LogP contribution in [0.2, 0.25) is 0 Å². The average molecular weight is 333 g/mol. The van der Waals surface area contributed by atoms with Crippen LogP contribution < -0.4 is 4.74 Å². The zero-order valence-electron chi connectivity index (χ0n) is 15.7. The molecule has 0 aliphatic heterocycles. The monoisotopic (exact) mass is 333 g/mol. The van der Waals surface area contributed by atoms with E-state index in [1.807, 2.05) is 12.1 Å². The summed E-state index contributed by atoms with van der Waals surface area (Å²) in [7, 11) is 1.70. The van der Waals surface area contributed by atoms with Crippen LogP contribution in [0.3, 0.4) is 0 Å². The lowest BCUT2D eigenvalue weighted by Crippen LogP contribution is -2.22. The van der Waals surface area contributed by atoms with Crippen molar-refractivity contribution in [1.82, 2.24) is 0 Å². The highest BCUT2D eigenvalue weighted by atomic mass is 16.5. The van der Waals surface area contributed by atoms with E-state index in [0.717, 1.165) is 30.7 Å². The Morgan fingerprint density at radius 1 is 0.960 bits per heavy atom. The van der Waals surface area contributed by atoms with Gasteiger partial charge in [0.15, 0.2) is 0 Å². The van der Waals surface area contributed by atoms with Crippen LogP contribution in [0, 0.1) is 12.3 Å². The Bertz CT molecular complexity index is 780. The van der Waals surface area contributed by atoms with E-state index in [-0.39, 0.29) is 5.41 Å². The summed E-state index contributed by atoms with van der Waals surface area (Å²) >= 11 is 0. The Morgan fingerprint density at radius 2 is 1.64 bits per heavy atom. The maximum Gasteiger partial charge on any atom is 0.118 e. The first-order valence-corrected chi connectivity index (χ1v) is 8.90. The third kappa shape index (κ3) is 4.82. The highest BCUT2D eigenvalue weighted by Gasteiger charge is 2.26. The second-order valence-corrected chi connectivity index (χ2v) is 7.78. The third-order valence-corrected chi connectivity index (χ3v) is 4.63. The summed E-state index contributed by atoms with van der Waals surface area (Å²) < 4.78 is 5.25. The van der Waals surface area contributed by atoms with Crippen molar-refractivity contribution in [3.05, 3.63) is 71.3 Å². The van der Waals surface area contributed by atoms with E-state index < -0.39 is 0 Å². The molecule has 2 aromatic rings. The number of aryl methyl sites for hydroxylation is 1. The van der Waals surface area contributed by atoms with E-state index in [1.54, 1.807) is 7.11 Å².